The van der Waals surface area contributed by atoms with E-state index in [4.69, 9.17) is 0 Å². The largest absolute Gasteiger partial charge is 0.250 e. The number of rotatable bonds is 1. The molecule has 0 N–H and O–H groups in total. The Hall–Kier alpha value is -0.810. The molecule has 0 atom stereocenters. The monoisotopic (exact) mass is 227 g/mol. The molecule has 0 spiro atoms. The molecule has 2 aromatic rings. The summed E-state index contributed by atoms with van der Waals surface area (Å²) >= 11 is 3.33. The van der Waals surface area contributed by atoms with Crippen LogP contribution in [0.15, 0.2) is 11.6 Å². The Balaban J connectivity index is 0.000000146. The number of aromatic nitrogens is 3. The van der Waals surface area contributed by atoms with Gasteiger partial charge >= 0.3 is 0 Å². The van der Waals surface area contributed by atoms with Gasteiger partial charge in [0.05, 0.1) is 5.01 Å². The molecule has 0 aliphatic carbocycles. The predicted octanol–water partition coefficient (Wildman–Crippen LogP) is 2.86. The third-order valence-electron chi connectivity index (χ3n) is 1.43. The summed E-state index contributed by atoms with van der Waals surface area (Å²) in [4.78, 5) is 3.94. The van der Waals surface area contributed by atoms with Gasteiger partial charge in [-0.05, 0) is 20.3 Å². The summed E-state index contributed by atoms with van der Waals surface area (Å²) in [6.07, 6.45) is 2.81. The molecule has 2 rings (SSSR count). The molecule has 0 fully saturated rings. The van der Waals surface area contributed by atoms with E-state index in [0.717, 1.165) is 21.4 Å². The summed E-state index contributed by atoms with van der Waals surface area (Å²) < 4.78 is 0. The average molecular weight is 227 g/mol. The summed E-state index contributed by atoms with van der Waals surface area (Å²) in [5.74, 6) is 0. The molecule has 14 heavy (non-hydrogen) atoms. The van der Waals surface area contributed by atoms with Gasteiger partial charge in [-0.1, -0.05) is 6.92 Å². The van der Waals surface area contributed by atoms with Crippen molar-refractivity contribution in [1.29, 1.82) is 0 Å². The maximum Gasteiger partial charge on any atom is 0.117 e. The minimum Gasteiger partial charge on any atom is -0.250 e. The maximum atomic E-state index is 3.94. The quantitative estimate of drug-likeness (QED) is 0.752. The fraction of sp³-hybridized carbons (Fsp3) is 0.444. The molecule has 0 amide bonds. The molecule has 0 radical (unpaired) electrons. The van der Waals surface area contributed by atoms with E-state index in [-0.39, 0.29) is 0 Å². The van der Waals surface area contributed by atoms with Crippen molar-refractivity contribution in [2.24, 2.45) is 0 Å². The summed E-state index contributed by atoms with van der Waals surface area (Å²) in [7, 11) is 0. The van der Waals surface area contributed by atoms with E-state index >= 15 is 0 Å². The third kappa shape index (κ3) is 3.93. The van der Waals surface area contributed by atoms with Crippen molar-refractivity contribution in [3.8, 4) is 0 Å². The Labute approximate surface area is 91.9 Å². The van der Waals surface area contributed by atoms with E-state index in [1.54, 1.807) is 28.9 Å². The average Bonchev–Trinajstić information content (AvgIpc) is 2.77. The van der Waals surface area contributed by atoms with Crippen molar-refractivity contribution in [1.82, 2.24) is 15.2 Å². The first-order valence-electron chi connectivity index (χ1n) is 4.37. The number of hydrogen-bond donors (Lipinski definition) is 0. The summed E-state index contributed by atoms with van der Waals surface area (Å²) in [6.45, 7) is 6.04. The Bertz CT molecular complexity index is 354. The minimum atomic E-state index is 1.01. The molecular weight excluding hydrogens is 214 g/mol. The first kappa shape index (κ1) is 11.3. The van der Waals surface area contributed by atoms with Crippen molar-refractivity contribution in [2.75, 3.05) is 0 Å². The topological polar surface area (TPSA) is 38.7 Å². The van der Waals surface area contributed by atoms with E-state index in [0.29, 0.717) is 0 Å². The zero-order chi connectivity index (χ0) is 10.4. The van der Waals surface area contributed by atoms with Gasteiger partial charge in [0, 0.05) is 11.6 Å². The molecule has 0 aliphatic rings. The van der Waals surface area contributed by atoms with Gasteiger partial charge in [-0.2, -0.15) is 0 Å². The van der Waals surface area contributed by atoms with Gasteiger partial charge in [0.2, 0.25) is 0 Å². The molecule has 76 valence electrons. The van der Waals surface area contributed by atoms with Crippen LogP contribution in [0.2, 0.25) is 0 Å². The summed E-state index contributed by atoms with van der Waals surface area (Å²) in [5.41, 5.74) is 0. The van der Waals surface area contributed by atoms with Crippen molar-refractivity contribution in [2.45, 2.75) is 27.2 Å². The lowest BCUT2D eigenvalue weighted by Crippen LogP contribution is -1.74. The van der Waals surface area contributed by atoms with Crippen molar-refractivity contribution < 1.29 is 0 Å². The van der Waals surface area contributed by atoms with Crippen LogP contribution in [0.25, 0.3) is 0 Å². The summed E-state index contributed by atoms with van der Waals surface area (Å²) in [5, 5.41) is 13.0. The van der Waals surface area contributed by atoms with Crippen LogP contribution in [-0.2, 0) is 6.42 Å². The number of aryl methyl sites for hydroxylation is 3. The van der Waals surface area contributed by atoms with Crippen LogP contribution in [-0.4, -0.2) is 15.2 Å². The summed E-state index contributed by atoms with van der Waals surface area (Å²) in [6, 6.07) is 0. The van der Waals surface area contributed by atoms with Crippen LogP contribution in [0.5, 0.6) is 0 Å². The minimum absolute atomic E-state index is 1.01. The highest BCUT2D eigenvalue weighted by molar-refractivity contribution is 7.11. The highest BCUT2D eigenvalue weighted by atomic mass is 32.1. The van der Waals surface area contributed by atoms with E-state index in [1.165, 1.54) is 0 Å². The number of hydrogen-bond acceptors (Lipinski definition) is 5. The Morgan fingerprint density at radius 2 is 2.00 bits per heavy atom. The Morgan fingerprint density at radius 3 is 2.21 bits per heavy atom. The first-order valence-corrected chi connectivity index (χ1v) is 6.07. The van der Waals surface area contributed by atoms with Crippen molar-refractivity contribution >= 4 is 22.7 Å². The van der Waals surface area contributed by atoms with Crippen LogP contribution in [0, 0.1) is 13.8 Å². The van der Waals surface area contributed by atoms with E-state index in [1.807, 2.05) is 19.2 Å². The molecule has 0 aliphatic heterocycles. The van der Waals surface area contributed by atoms with E-state index in [9.17, 15) is 0 Å². The second-order valence-electron chi connectivity index (χ2n) is 2.62. The fourth-order valence-electron chi connectivity index (χ4n) is 0.775. The van der Waals surface area contributed by atoms with Crippen molar-refractivity contribution in [3.05, 3.63) is 26.6 Å². The van der Waals surface area contributed by atoms with E-state index in [2.05, 4.69) is 22.1 Å². The predicted molar refractivity (Wildman–Crippen MR) is 60.9 cm³/mol. The van der Waals surface area contributed by atoms with Gasteiger partial charge < -0.3 is 0 Å². The molecule has 5 heteroatoms. The third-order valence-corrected chi connectivity index (χ3v) is 3.11. The van der Waals surface area contributed by atoms with Crippen LogP contribution < -0.4 is 0 Å². The number of nitrogens with zero attached hydrogens (tertiary/aromatic N) is 3. The van der Waals surface area contributed by atoms with Crippen LogP contribution in [0.4, 0.5) is 0 Å². The van der Waals surface area contributed by atoms with Gasteiger partial charge in [0.1, 0.15) is 10.0 Å². The first-order chi connectivity index (χ1) is 6.72. The van der Waals surface area contributed by atoms with Crippen LogP contribution in [0.3, 0.4) is 0 Å². The smallest absolute Gasteiger partial charge is 0.117 e. The molecule has 0 saturated heterocycles. The Morgan fingerprint density at radius 1 is 1.21 bits per heavy atom. The molecule has 0 unspecified atom stereocenters. The van der Waals surface area contributed by atoms with Gasteiger partial charge in [-0.3, -0.25) is 4.98 Å². The lowest BCUT2D eigenvalue weighted by Gasteiger charge is -1.75. The van der Waals surface area contributed by atoms with Crippen LogP contribution >= 0.6 is 22.7 Å². The molecule has 3 nitrogen and oxygen atoms in total. The van der Waals surface area contributed by atoms with Crippen LogP contribution in [0.1, 0.15) is 21.9 Å². The normalized spacial score (nSPS) is 9.36. The number of thiazole rings is 1. The van der Waals surface area contributed by atoms with Gasteiger partial charge in [-0.25, -0.2) is 0 Å². The maximum absolute atomic E-state index is 3.94. The SMILES string of the molecule is CCc1nnc(C)s1.Cc1nccs1. The lowest BCUT2D eigenvalue weighted by atomic mass is 10.5. The van der Waals surface area contributed by atoms with Gasteiger partial charge in [0.15, 0.2) is 0 Å². The standard InChI is InChI=1S/C5H8N2S.C4H5NS/c1-3-5-7-6-4(2)8-5;1-4-5-2-3-6-4/h3H2,1-2H3;2-3H,1H3. The second-order valence-corrected chi connectivity index (χ2v) is 4.98. The zero-order valence-electron chi connectivity index (χ0n) is 8.52. The second kappa shape index (κ2) is 5.82. The fourth-order valence-corrected chi connectivity index (χ4v) is 1.86. The molecule has 2 heterocycles. The lowest BCUT2D eigenvalue weighted by molar-refractivity contribution is 0.966. The highest BCUT2D eigenvalue weighted by Crippen LogP contribution is 2.06. The molecule has 0 aromatic carbocycles. The highest BCUT2D eigenvalue weighted by Gasteiger charge is 1.93. The zero-order valence-corrected chi connectivity index (χ0v) is 10.2. The molecular formula is C9H13N3S2. The Kier molecular flexibility index (Phi) is 4.69. The van der Waals surface area contributed by atoms with E-state index < -0.39 is 0 Å². The van der Waals surface area contributed by atoms with Crippen molar-refractivity contribution in [3.63, 3.8) is 0 Å². The molecule has 0 bridgehead atoms. The van der Waals surface area contributed by atoms with Gasteiger partial charge in [-0.15, -0.1) is 32.9 Å². The van der Waals surface area contributed by atoms with Gasteiger partial charge in [0.25, 0.3) is 0 Å². The molecule has 0 saturated carbocycles. The molecule has 2 aromatic heterocycles.